The molecule has 0 aliphatic rings. The van der Waals surface area contributed by atoms with Crippen molar-refractivity contribution in [3.05, 3.63) is 81.3 Å². The van der Waals surface area contributed by atoms with Gasteiger partial charge in [-0.25, -0.2) is 23.9 Å². The number of amides is 1. The normalized spacial score (nSPS) is 12.5. The summed E-state index contributed by atoms with van der Waals surface area (Å²) in [6.07, 6.45) is -8.79. The molecule has 0 saturated carbocycles. The average Bonchev–Trinajstić information content (AvgIpc) is 3.39. The Morgan fingerprint density at radius 1 is 1.16 bits per heavy atom. The molecule has 38 heavy (non-hydrogen) atoms. The molecule has 200 valence electrons. The van der Waals surface area contributed by atoms with Crippen molar-refractivity contribution in [2.75, 3.05) is 0 Å². The summed E-state index contributed by atoms with van der Waals surface area (Å²) in [6.45, 7) is 0.0831. The van der Waals surface area contributed by atoms with Crippen LogP contribution in [0.1, 0.15) is 17.2 Å². The van der Waals surface area contributed by atoms with Crippen LogP contribution in [0, 0.1) is 6.92 Å². The van der Waals surface area contributed by atoms with Gasteiger partial charge in [-0.2, -0.15) is 13.2 Å². The second-order valence-electron chi connectivity index (χ2n) is 8.19. The molecule has 0 bridgehead atoms. The highest BCUT2D eigenvalue weighted by Gasteiger charge is 2.39. The molecule has 1 atom stereocenters. The van der Waals surface area contributed by atoms with Crippen LogP contribution in [0.15, 0.2) is 53.3 Å². The average molecular weight is 552 g/mol. The van der Waals surface area contributed by atoms with Gasteiger partial charge in [-0.3, -0.25) is 4.57 Å². The van der Waals surface area contributed by atoms with E-state index in [4.69, 9.17) is 22.1 Å². The van der Waals surface area contributed by atoms with Gasteiger partial charge in [0.2, 0.25) is 0 Å². The maximum absolute atomic E-state index is 13.1. The van der Waals surface area contributed by atoms with Crippen LogP contribution in [0.4, 0.5) is 18.0 Å². The van der Waals surface area contributed by atoms with Crippen LogP contribution < -0.4 is 11.4 Å². The molecule has 3 N–H and O–H groups in total. The van der Waals surface area contributed by atoms with Crippen molar-refractivity contribution in [3.8, 4) is 17.1 Å². The van der Waals surface area contributed by atoms with Gasteiger partial charge in [0.1, 0.15) is 6.54 Å². The first-order valence-corrected chi connectivity index (χ1v) is 11.4. The Hall–Kier alpha value is -4.17. The molecule has 0 unspecified atom stereocenters. The summed E-state index contributed by atoms with van der Waals surface area (Å²) in [5.74, 6) is 0.124. The Kier molecular flexibility index (Phi) is 7.55. The lowest BCUT2D eigenvalue weighted by molar-refractivity contribution is -0.207. The van der Waals surface area contributed by atoms with E-state index in [0.717, 1.165) is 14.8 Å². The maximum Gasteiger partial charge on any atom is 0.416 e. The molecular weight excluding hydrogens is 531 g/mol. The summed E-state index contributed by atoms with van der Waals surface area (Å²) in [6, 6.07) is 13.1. The molecule has 2 aromatic heterocycles. The van der Waals surface area contributed by atoms with Gasteiger partial charge in [-0.15, -0.1) is 10.2 Å². The van der Waals surface area contributed by atoms with E-state index in [1.165, 1.54) is 28.9 Å². The molecule has 15 heteroatoms. The molecule has 2 aromatic carbocycles. The summed E-state index contributed by atoms with van der Waals surface area (Å²) >= 11 is 5.91. The Bertz CT molecular complexity index is 1510. The molecule has 0 saturated heterocycles. The zero-order valence-electron chi connectivity index (χ0n) is 19.8. The summed E-state index contributed by atoms with van der Waals surface area (Å²) in [5.41, 5.74) is 5.88. The molecule has 0 aliphatic carbocycles. The predicted octanol–water partition coefficient (Wildman–Crippen LogP) is 2.82. The van der Waals surface area contributed by atoms with Gasteiger partial charge in [-0.1, -0.05) is 29.8 Å². The Labute approximate surface area is 217 Å². The number of nitrogens with zero attached hydrogens (tertiary/aromatic N) is 6. The number of rotatable bonds is 8. The van der Waals surface area contributed by atoms with Crippen LogP contribution in [0.5, 0.6) is 0 Å². The van der Waals surface area contributed by atoms with E-state index in [1.807, 2.05) is 19.1 Å². The molecule has 0 aliphatic heterocycles. The van der Waals surface area contributed by atoms with Crippen molar-refractivity contribution < 1.29 is 27.8 Å². The fourth-order valence-corrected chi connectivity index (χ4v) is 3.74. The van der Waals surface area contributed by atoms with Gasteiger partial charge in [0.15, 0.2) is 30.2 Å². The highest BCUT2D eigenvalue weighted by Crippen LogP contribution is 2.24. The van der Waals surface area contributed by atoms with Crippen molar-refractivity contribution in [2.24, 2.45) is 5.73 Å². The molecular formula is C23H21ClF3N7O4. The van der Waals surface area contributed by atoms with E-state index in [1.54, 1.807) is 12.1 Å². The first-order chi connectivity index (χ1) is 17.9. The third-order valence-corrected chi connectivity index (χ3v) is 5.71. The number of aromatic nitrogens is 6. The number of halogens is 4. The number of alkyl halides is 3. The number of primary amides is 1. The molecule has 2 heterocycles. The first kappa shape index (κ1) is 26.9. The minimum absolute atomic E-state index is 0.0575. The van der Waals surface area contributed by atoms with Crippen molar-refractivity contribution >= 4 is 17.7 Å². The largest absolute Gasteiger partial charge is 0.441 e. The van der Waals surface area contributed by atoms with Crippen LogP contribution in [-0.2, 0) is 24.4 Å². The Morgan fingerprint density at radius 2 is 1.84 bits per heavy atom. The van der Waals surface area contributed by atoms with Gasteiger partial charge < -0.3 is 15.6 Å². The van der Waals surface area contributed by atoms with Crippen molar-refractivity contribution in [1.82, 2.24) is 29.1 Å². The number of carbonyl (C=O) groups excluding carboxylic acids is 1. The molecule has 1 amide bonds. The quantitative estimate of drug-likeness (QED) is 0.343. The maximum atomic E-state index is 13.1. The summed E-state index contributed by atoms with van der Waals surface area (Å²) in [5, 5.41) is 18.6. The number of hydrogen-bond acceptors (Lipinski definition) is 7. The third kappa shape index (κ3) is 5.86. The molecule has 0 radical (unpaired) electrons. The van der Waals surface area contributed by atoms with Crippen LogP contribution in [0.25, 0.3) is 17.1 Å². The topological polar surface area (TPSA) is 143 Å². The minimum atomic E-state index is -4.96. The van der Waals surface area contributed by atoms with E-state index in [9.17, 15) is 27.9 Å². The molecule has 4 rings (SSSR count). The summed E-state index contributed by atoms with van der Waals surface area (Å²) in [7, 11) is 0. The number of aliphatic hydroxyl groups is 1. The highest BCUT2D eigenvalue weighted by atomic mass is 35.5. The van der Waals surface area contributed by atoms with Crippen molar-refractivity contribution in [3.63, 3.8) is 0 Å². The number of hydrogen-bond donors (Lipinski definition) is 2. The lowest BCUT2D eigenvalue weighted by Gasteiger charge is -2.15. The SMILES string of the molecule is Cc1ccccc1-n1nc(Cn2nc(-c3ccc(Cl)cc3)n(C[C@H](O)C(F)(F)F)c2=O)nc1COC(N)=O. The number of para-hydroxylation sites is 1. The zero-order valence-corrected chi connectivity index (χ0v) is 20.5. The van der Waals surface area contributed by atoms with E-state index in [2.05, 4.69) is 15.2 Å². The molecule has 11 nitrogen and oxygen atoms in total. The zero-order chi connectivity index (χ0) is 27.6. The van der Waals surface area contributed by atoms with Crippen molar-refractivity contribution in [1.29, 1.82) is 0 Å². The fourth-order valence-electron chi connectivity index (χ4n) is 3.61. The fraction of sp³-hybridized carbons (Fsp3) is 0.261. The van der Waals surface area contributed by atoms with E-state index >= 15 is 0 Å². The van der Waals surface area contributed by atoms with E-state index in [-0.39, 0.29) is 30.6 Å². The summed E-state index contributed by atoms with van der Waals surface area (Å²) < 4.78 is 47.2. The van der Waals surface area contributed by atoms with Gasteiger partial charge in [0.25, 0.3) is 0 Å². The highest BCUT2D eigenvalue weighted by molar-refractivity contribution is 6.30. The lowest BCUT2D eigenvalue weighted by Crippen LogP contribution is -2.37. The number of aryl methyl sites for hydroxylation is 1. The second-order valence-corrected chi connectivity index (χ2v) is 8.63. The number of aliphatic hydroxyl groups excluding tert-OH is 1. The molecule has 0 fully saturated rings. The number of benzene rings is 2. The van der Waals surface area contributed by atoms with E-state index in [0.29, 0.717) is 16.3 Å². The Balaban J connectivity index is 1.76. The van der Waals surface area contributed by atoms with Crippen LogP contribution in [-0.4, -0.2) is 52.6 Å². The molecule has 4 aromatic rings. The number of ether oxygens (including phenoxy) is 1. The standard InChI is InChI=1S/C23H21ClF3N7O4/c1-13-4-2-3-5-16(13)34-19(12-38-21(28)36)29-18(30-34)11-33-22(37)32(10-17(35)23(25,26)27)20(31-33)14-6-8-15(24)9-7-14/h2-9,17,35H,10-12H2,1H3,(H2,28,36)/t17-/m0/s1. The van der Waals surface area contributed by atoms with Crippen LogP contribution >= 0.6 is 11.6 Å². The minimum Gasteiger partial charge on any atom is -0.441 e. The van der Waals surface area contributed by atoms with Gasteiger partial charge in [0.05, 0.1) is 12.2 Å². The first-order valence-electron chi connectivity index (χ1n) is 11.1. The third-order valence-electron chi connectivity index (χ3n) is 5.45. The number of nitrogens with two attached hydrogens (primary N) is 1. The van der Waals surface area contributed by atoms with E-state index < -0.39 is 30.6 Å². The second kappa shape index (κ2) is 10.7. The van der Waals surface area contributed by atoms with Crippen LogP contribution in [0.3, 0.4) is 0 Å². The monoisotopic (exact) mass is 551 g/mol. The smallest absolute Gasteiger partial charge is 0.416 e. The van der Waals surface area contributed by atoms with Gasteiger partial charge in [0, 0.05) is 10.6 Å². The van der Waals surface area contributed by atoms with Crippen LogP contribution in [0.2, 0.25) is 5.02 Å². The van der Waals surface area contributed by atoms with Crippen molar-refractivity contribution in [2.45, 2.75) is 38.9 Å². The number of carbonyl (C=O) groups is 1. The Morgan fingerprint density at radius 3 is 2.47 bits per heavy atom. The lowest BCUT2D eigenvalue weighted by atomic mass is 10.2. The predicted molar refractivity (Wildman–Crippen MR) is 129 cm³/mol. The molecule has 0 spiro atoms. The van der Waals surface area contributed by atoms with Gasteiger partial charge in [-0.05, 0) is 42.8 Å². The van der Waals surface area contributed by atoms with Gasteiger partial charge >= 0.3 is 18.0 Å². The summed E-state index contributed by atoms with van der Waals surface area (Å²) in [4.78, 5) is 28.6.